The Hall–Kier alpha value is -2.87. The molecule has 0 fully saturated rings. The average molecular weight is 355 g/mol. The Bertz CT molecular complexity index is 1110. The number of fused-ring (bicyclic) bond motifs is 1. The van der Waals surface area contributed by atoms with E-state index in [1.807, 2.05) is 12.1 Å². The quantitative estimate of drug-likeness (QED) is 0.384. The first kappa shape index (κ1) is 17.5. The van der Waals surface area contributed by atoms with Gasteiger partial charge in [0.15, 0.2) is 5.58 Å². The van der Waals surface area contributed by atoms with Crippen molar-refractivity contribution in [3.05, 3.63) is 77.4 Å². The van der Waals surface area contributed by atoms with Crippen LogP contribution in [-0.2, 0) is 5.41 Å². The SMILES string of the molecule is Cc1cc(C)cc(-c2ccccc2-c2nc3cc(C(C)(C)C)ccc3o2)c1. The third-order valence-electron chi connectivity index (χ3n) is 4.94. The molecular formula is C25H25NO. The lowest BCUT2D eigenvalue weighted by atomic mass is 9.87. The molecule has 4 rings (SSSR count). The summed E-state index contributed by atoms with van der Waals surface area (Å²) in [5.41, 5.74) is 8.96. The smallest absolute Gasteiger partial charge is 0.227 e. The van der Waals surface area contributed by atoms with Gasteiger partial charge in [0.05, 0.1) is 0 Å². The van der Waals surface area contributed by atoms with Crippen LogP contribution in [0, 0.1) is 13.8 Å². The largest absolute Gasteiger partial charge is 0.436 e. The van der Waals surface area contributed by atoms with Crippen LogP contribution < -0.4 is 0 Å². The van der Waals surface area contributed by atoms with Crippen LogP contribution >= 0.6 is 0 Å². The van der Waals surface area contributed by atoms with Crippen molar-refractivity contribution in [3.63, 3.8) is 0 Å². The standard InChI is InChI=1S/C25H25NO/c1-16-12-17(2)14-18(13-16)20-8-6-7-9-21(20)24-26-22-15-19(25(3,4)5)10-11-23(22)27-24/h6-15H,1-5H3. The second-order valence-electron chi connectivity index (χ2n) is 8.37. The highest BCUT2D eigenvalue weighted by atomic mass is 16.3. The van der Waals surface area contributed by atoms with E-state index in [9.17, 15) is 0 Å². The van der Waals surface area contributed by atoms with Crippen molar-refractivity contribution < 1.29 is 4.42 Å². The van der Waals surface area contributed by atoms with E-state index >= 15 is 0 Å². The summed E-state index contributed by atoms with van der Waals surface area (Å²) in [4.78, 5) is 4.82. The molecule has 0 aliphatic heterocycles. The van der Waals surface area contributed by atoms with Crippen molar-refractivity contribution >= 4 is 11.1 Å². The number of hydrogen-bond donors (Lipinski definition) is 0. The van der Waals surface area contributed by atoms with Crippen molar-refractivity contribution in [2.45, 2.75) is 40.0 Å². The molecule has 0 N–H and O–H groups in total. The molecule has 0 aliphatic carbocycles. The predicted octanol–water partition coefficient (Wildman–Crippen LogP) is 7.08. The van der Waals surface area contributed by atoms with Gasteiger partial charge in [-0.25, -0.2) is 4.98 Å². The zero-order chi connectivity index (χ0) is 19.2. The van der Waals surface area contributed by atoms with Gasteiger partial charge in [-0.3, -0.25) is 0 Å². The summed E-state index contributed by atoms with van der Waals surface area (Å²) in [6.45, 7) is 10.9. The van der Waals surface area contributed by atoms with Gasteiger partial charge >= 0.3 is 0 Å². The molecule has 0 amide bonds. The summed E-state index contributed by atoms with van der Waals surface area (Å²) in [6.07, 6.45) is 0. The maximum absolute atomic E-state index is 6.13. The first-order valence-electron chi connectivity index (χ1n) is 9.40. The van der Waals surface area contributed by atoms with Gasteiger partial charge in [0, 0.05) is 5.56 Å². The van der Waals surface area contributed by atoms with E-state index in [-0.39, 0.29) is 5.41 Å². The molecule has 4 aromatic rings. The van der Waals surface area contributed by atoms with Gasteiger partial charge in [-0.2, -0.15) is 0 Å². The molecule has 1 heterocycles. The van der Waals surface area contributed by atoms with Crippen LogP contribution in [0.15, 0.2) is 65.1 Å². The van der Waals surface area contributed by atoms with Crippen LogP contribution in [-0.4, -0.2) is 4.98 Å². The number of benzene rings is 3. The molecule has 0 aliphatic rings. The third-order valence-corrected chi connectivity index (χ3v) is 4.94. The Balaban J connectivity index is 1.87. The molecule has 1 aromatic heterocycles. The molecule has 2 nitrogen and oxygen atoms in total. The summed E-state index contributed by atoms with van der Waals surface area (Å²) < 4.78 is 6.13. The average Bonchev–Trinajstić information content (AvgIpc) is 3.03. The van der Waals surface area contributed by atoms with Gasteiger partial charge < -0.3 is 4.42 Å². The molecule has 3 aromatic carbocycles. The van der Waals surface area contributed by atoms with E-state index in [2.05, 4.69) is 83.1 Å². The second-order valence-corrected chi connectivity index (χ2v) is 8.37. The number of nitrogens with zero attached hydrogens (tertiary/aromatic N) is 1. The minimum absolute atomic E-state index is 0.0876. The molecule has 2 heteroatoms. The van der Waals surface area contributed by atoms with Crippen molar-refractivity contribution in [3.8, 4) is 22.6 Å². The Morgan fingerprint density at radius 2 is 1.44 bits per heavy atom. The minimum atomic E-state index is 0.0876. The fourth-order valence-electron chi connectivity index (χ4n) is 3.56. The molecular weight excluding hydrogens is 330 g/mol. The lowest BCUT2D eigenvalue weighted by Crippen LogP contribution is -2.10. The first-order valence-corrected chi connectivity index (χ1v) is 9.40. The normalized spacial score (nSPS) is 11.9. The molecule has 136 valence electrons. The van der Waals surface area contributed by atoms with Gasteiger partial charge in [0.25, 0.3) is 0 Å². The van der Waals surface area contributed by atoms with E-state index in [0.717, 1.165) is 22.2 Å². The topological polar surface area (TPSA) is 26.0 Å². The molecule has 0 saturated heterocycles. The summed E-state index contributed by atoms with van der Waals surface area (Å²) in [5.74, 6) is 0.672. The van der Waals surface area contributed by atoms with Gasteiger partial charge in [0.1, 0.15) is 5.52 Å². The highest BCUT2D eigenvalue weighted by Gasteiger charge is 2.17. The summed E-state index contributed by atoms with van der Waals surface area (Å²) in [7, 11) is 0. The molecule has 0 atom stereocenters. The molecule has 0 saturated carbocycles. The van der Waals surface area contributed by atoms with Crippen molar-refractivity contribution in [2.24, 2.45) is 0 Å². The minimum Gasteiger partial charge on any atom is -0.436 e. The van der Waals surface area contributed by atoms with Crippen LogP contribution in [0.25, 0.3) is 33.7 Å². The van der Waals surface area contributed by atoms with Crippen LogP contribution in [0.1, 0.15) is 37.5 Å². The van der Waals surface area contributed by atoms with E-state index in [1.165, 1.54) is 22.3 Å². The Kier molecular flexibility index (Phi) is 4.15. The van der Waals surface area contributed by atoms with E-state index in [4.69, 9.17) is 9.40 Å². The Labute approximate surface area is 160 Å². The number of rotatable bonds is 2. The van der Waals surface area contributed by atoms with Crippen LogP contribution in [0.2, 0.25) is 0 Å². The van der Waals surface area contributed by atoms with Crippen molar-refractivity contribution in [1.29, 1.82) is 0 Å². The first-order chi connectivity index (χ1) is 12.8. The lowest BCUT2D eigenvalue weighted by molar-refractivity contribution is 0.590. The maximum atomic E-state index is 6.13. The number of hydrogen-bond acceptors (Lipinski definition) is 2. The Morgan fingerprint density at radius 3 is 2.11 bits per heavy atom. The summed E-state index contributed by atoms with van der Waals surface area (Å²) in [6, 6.07) is 21.3. The fraction of sp³-hybridized carbons (Fsp3) is 0.240. The molecule has 0 radical (unpaired) electrons. The number of oxazole rings is 1. The Morgan fingerprint density at radius 1 is 0.778 bits per heavy atom. The zero-order valence-electron chi connectivity index (χ0n) is 16.6. The van der Waals surface area contributed by atoms with E-state index < -0.39 is 0 Å². The monoisotopic (exact) mass is 355 g/mol. The summed E-state index contributed by atoms with van der Waals surface area (Å²) in [5, 5.41) is 0. The van der Waals surface area contributed by atoms with E-state index in [0.29, 0.717) is 5.89 Å². The molecule has 0 unspecified atom stereocenters. The fourth-order valence-corrected chi connectivity index (χ4v) is 3.56. The third kappa shape index (κ3) is 3.40. The molecule has 0 spiro atoms. The van der Waals surface area contributed by atoms with Gasteiger partial charge in [0.2, 0.25) is 5.89 Å². The van der Waals surface area contributed by atoms with Crippen LogP contribution in [0.5, 0.6) is 0 Å². The van der Waals surface area contributed by atoms with Crippen molar-refractivity contribution in [2.75, 3.05) is 0 Å². The van der Waals surface area contributed by atoms with Crippen molar-refractivity contribution in [1.82, 2.24) is 4.98 Å². The van der Waals surface area contributed by atoms with E-state index in [1.54, 1.807) is 0 Å². The van der Waals surface area contributed by atoms with Gasteiger partial charge in [-0.1, -0.05) is 74.4 Å². The second kappa shape index (κ2) is 6.38. The zero-order valence-corrected chi connectivity index (χ0v) is 16.6. The summed E-state index contributed by atoms with van der Waals surface area (Å²) >= 11 is 0. The number of aromatic nitrogens is 1. The van der Waals surface area contributed by atoms with Gasteiger partial charge in [-0.05, 0) is 54.2 Å². The molecule has 27 heavy (non-hydrogen) atoms. The van der Waals surface area contributed by atoms with Gasteiger partial charge in [-0.15, -0.1) is 0 Å². The predicted molar refractivity (Wildman–Crippen MR) is 113 cm³/mol. The van der Waals surface area contributed by atoms with Crippen LogP contribution in [0.3, 0.4) is 0 Å². The maximum Gasteiger partial charge on any atom is 0.227 e. The highest BCUT2D eigenvalue weighted by Crippen LogP contribution is 2.35. The van der Waals surface area contributed by atoms with Crippen LogP contribution in [0.4, 0.5) is 0 Å². The highest BCUT2D eigenvalue weighted by molar-refractivity contribution is 5.84. The number of aryl methyl sites for hydroxylation is 2. The molecule has 0 bridgehead atoms. The lowest BCUT2D eigenvalue weighted by Gasteiger charge is -2.18.